The van der Waals surface area contributed by atoms with E-state index in [1.54, 1.807) is 0 Å². The molecule has 1 aliphatic rings. The monoisotopic (exact) mass is 148 g/mol. The molecule has 0 N–H and O–H groups in total. The van der Waals surface area contributed by atoms with Crippen molar-refractivity contribution in [1.29, 1.82) is 0 Å². The van der Waals surface area contributed by atoms with E-state index in [9.17, 15) is 8.42 Å². The van der Waals surface area contributed by atoms with Crippen LogP contribution >= 0.6 is 0 Å². The maximum atomic E-state index is 10.4. The van der Waals surface area contributed by atoms with E-state index in [1.165, 1.54) is 0 Å². The van der Waals surface area contributed by atoms with Crippen molar-refractivity contribution in [2.45, 2.75) is 12.8 Å². The molecule has 2 nitrogen and oxygen atoms in total. The minimum Gasteiger partial charge on any atom is -0.229 e. The highest BCUT2D eigenvalue weighted by molar-refractivity contribution is 7.91. The SMILES string of the molecule is C=C.O=S1(=O)CCCC1. The Morgan fingerprint density at radius 3 is 1.44 bits per heavy atom. The van der Waals surface area contributed by atoms with Gasteiger partial charge in [-0.1, -0.05) is 0 Å². The molecule has 0 aromatic heterocycles. The van der Waals surface area contributed by atoms with Gasteiger partial charge in [0.2, 0.25) is 0 Å². The topological polar surface area (TPSA) is 34.1 Å². The summed E-state index contributed by atoms with van der Waals surface area (Å²) in [6.07, 6.45) is 1.75. The van der Waals surface area contributed by atoms with Gasteiger partial charge < -0.3 is 0 Å². The zero-order valence-corrected chi connectivity index (χ0v) is 6.28. The molecule has 1 heterocycles. The smallest absolute Gasteiger partial charge is 0.150 e. The molecule has 0 atom stereocenters. The molecule has 1 fully saturated rings. The Morgan fingerprint density at radius 2 is 1.33 bits per heavy atom. The van der Waals surface area contributed by atoms with Crippen LogP contribution in [0.2, 0.25) is 0 Å². The van der Waals surface area contributed by atoms with Gasteiger partial charge in [-0.2, -0.15) is 0 Å². The zero-order chi connectivity index (χ0) is 7.33. The van der Waals surface area contributed by atoms with Crippen LogP contribution < -0.4 is 0 Å². The largest absolute Gasteiger partial charge is 0.229 e. The van der Waals surface area contributed by atoms with Gasteiger partial charge in [-0.3, -0.25) is 0 Å². The predicted molar refractivity (Wildman–Crippen MR) is 39.1 cm³/mol. The fraction of sp³-hybridized carbons (Fsp3) is 0.667. The van der Waals surface area contributed by atoms with Gasteiger partial charge in [0, 0.05) is 0 Å². The van der Waals surface area contributed by atoms with E-state index < -0.39 is 9.84 Å². The van der Waals surface area contributed by atoms with Crippen LogP contribution in [0.3, 0.4) is 0 Å². The standard InChI is InChI=1S/C4H8O2S.C2H4/c5-7(6)3-1-2-4-7;1-2/h1-4H2;1-2H2. The van der Waals surface area contributed by atoms with E-state index in [-0.39, 0.29) is 0 Å². The first kappa shape index (κ1) is 8.69. The Morgan fingerprint density at radius 1 is 1.00 bits per heavy atom. The van der Waals surface area contributed by atoms with Gasteiger partial charge in [0.1, 0.15) is 9.84 Å². The Balaban J connectivity index is 0.000000291. The van der Waals surface area contributed by atoms with Crippen LogP contribution in [0, 0.1) is 0 Å². The fourth-order valence-corrected chi connectivity index (χ4v) is 2.24. The average Bonchev–Trinajstić information content (AvgIpc) is 2.19. The lowest BCUT2D eigenvalue weighted by Crippen LogP contribution is -1.98. The van der Waals surface area contributed by atoms with E-state index in [0.717, 1.165) is 12.8 Å². The van der Waals surface area contributed by atoms with Crippen LogP contribution in [0.25, 0.3) is 0 Å². The molecule has 0 unspecified atom stereocenters. The van der Waals surface area contributed by atoms with Gasteiger partial charge >= 0.3 is 0 Å². The Hall–Kier alpha value is -0.310. The minimum absolute atomic E-state index is 0.424. The molecule has 0 amide bonds. The summed E-state index contributed by atoms with van der Waals surface area (Å²) in [7, 11) is -2.55. The summed E-state index contributed by atoms with van der Waals surface area (Å²) in [6, 6.07) is 0. The van der Waals surface area contributed by atoms with Crippen molar-refractivity contribution in [3.05, 3.63) is 13.2 Å². The number of hydrogen-bond donors (Lipinski definition) is 0. The zero-order valence-electron chi connectivity index (χ0n) is 5.47. The van der Waals surface area contributed by atoms with E-state index in [4.69, 9.17) is 0 Å². The molecule has 1 rings (SSSR count). The molecule has 0 aromatic carbocycles. The Bertz CT molecular complexity index is 146. The maximum Gasteiger partial charge on any atom is 0.150 e. The van der Waals surface area contributed by atoms with Crippen molar-refractivity contribution < 1.29 is 8.42 Å². The van der Waals surface area contributed by atoms with Crippen molar-refractivity contribution in [1.82, 2.24) is 0 Å². The Labute approximate surface area is 56.5 Å². The second-order valence-electron chi connectivity index (χ2n) is 1.86. The van der Waals surface area contributed by atoms with E-state index >= 15 is 0 Å². The molecular formula is C6H12O2S. The fourth-order valence-electron chi connectivity index (χ4n) is 0.746. The predicted octanol–water partition coefficient (Wildman–Crippen LogP) is 0.997. The van der Waals surface area contributed by atoms with Gasteiger partial charge in [0.25, 0.3) is 0 Å². The third-order valence-electron chi connectivity index (χ3n) is 1.16. The van der Waals surface area contributed by atoms with Gasteiger partial charge in [0.15, 0.2) is 0 Å². The van der Waals surface area contributed by atoms with Crippen LogP contribution in [0.1, 0.15) is 12.8 Å². The minimum atomic E-state index is -2.55. The van der Waals surface area contributed by atoms with E-state index in [0.29, 0.717) is 11.5 Å². The molecule has 0 bridgehead atoms. The molecule has 1 aliphatic heterocycles. The quantitative estimate of drug-likeness (QED) is 0.480. The highest BCUT2D eigenvalue weighted by Gasteiger charge is 2.16. The van der Waals surface area contributed by atoms with Crippen LogP contribution in [-0.4, -0.2) is 19.9 Å². The second-order valence-corrected chi connectivity index (χ2v) is 4.16. The summed E-state index contributed by atoms with van der Waals surface area (Å²) in [5.41, 5.74) is 0. The molecule has 9 heavy (non-hydrogen) atoms. The number of sulfone groups is 1. The third kappa shape index (κ3) is 3.30. The lowest BCUT2D eigenvalue weighted by molar-refractivity contribution is 0.602. The molecule has 1 saturated heterocycles. The summed E-state index contributed by atoms with van der Waals surface area (Å²) < 4.78 is 20.9. The van der Waals surface area contributed by atoms with Crippen LogP contribution in [0.15, 0.2) is 13.2 Å². The number of hydrogen-bond acceptors (Lipinski definition) is 2. The lowest BCUT2D eigenvalue weighted by atomic mass is 10.4. The van der Waals surface area contributed by atoms with E-state index in [1.807, 2.05) is 0 Å². The molecule has 0 spiro atoms. The van der Waals surface area contributed by atoms with E-state index in [2.05, 4.69) is 13.2 Å². The van der Waals surface area contributed by atoms with Crippen molar-refractivity contribution in [2.75, 3.05) is 11.5 Å². The maximum absolute atomic E-state index is 10.4. The van der Waals surface area contributed by atoms with Crippen molar-refractivity contribution in [2.24, 2.45) is 0 Å². The first-order valence-electron chi connectivity index (χ1n) is 2.91. The van der Waals surface area contributed by atoms with Crippen LogP contribution in [-0.2, 0) is 9.84 Å². The van der Waals surface area contributed by atoms with Crippen LogP contribution in [0.5, 0.6) is 0 Å². The summed E-state index contributed by atoms with van der Waals surface area (Å²) in [5, 5.41) is 0. The molecule has 3 heteroatoms. The first-order valence-corrected chi connectivity index (χ1v) is 4.73. The highest BCUT2D eigenvalue weighted by atomic mass is 32.2. The summed E-state index contributed by atoms with van der Waals surface area (Å²) in [4.78, 5) is 0. The van der Waals surface area contributed by atoms with Gasteiger partial charge in [-0.15, -0.1) is 13.2 Å². The average molecular weight is 148 g/mol. The van der Waals surface area contributed by atoms with Gasteiger partial charge in [-0.05, 0) is 12.8 Å². The molecule has 0 radical (unpaired) electrons. The Kier molecular flexibility index (Phi) is 3.54. The van der Waals surface area contributed by atoms with Gasteiger partial charge in [0.05, 0.1) is 11.5 Å². The molecule has 0 aliphatic carbocycles. The first-order chi connectivity index (χ1) is 4.21. The lowest BCUT2D eigenvalue weighted by Gasteiger charge is -1.81. The normalized spacial score (nSPS) is 22.2. The molecular weight excluding hydrogens is 136 g/mol. The molecule has 0 saturated carbocycles. The number of rotatable bonds is 0. The molecule has 54 valence electrons. The summed E-state index contributed by atoms with van der Waals surface area (Å²) in [5.74, 6) is 0.847. The molecule has 0 aromatic rings. The van der Waals surface area contributed by atoms with Crippen molar-refractivity contribution in [3.63, 3.8) is 0 Å². The van der Waals surface area contributed by atoms with Gasteiger partial charge in [-0.25, -0.2) is 8.42 Å². The van der Waals surface area contributed by atoms with Crippen molar-refractivity contribution >= 4 is 9.84 Å². The van der Waals surface area contributed by atoms with Crippen LogP contribution in [0.4, 0.5) is 0 Å². The second kappa shape index (κ2) is 3.67. The van der Waals surface area contributed by atoms with Crippen molar-refractivity contribution in [3.8, 4) is 0 Å². The summed E-state index contributed by atoms with van der Waals surface area (Å²) >= 11 is 0. The third-order valence-corrected chi connectivity index (χ3v) is 2.98. The summed E-state index contributed by atoms with van der Waals surface area (Å²) in [6.45, 7) is 6.00. The highest BCUT2D eigenvalue weighted by Crippen LogP contribution is 2.08.